The first-order valence-corrected chi connectivity index (χ1v) is 4.91. The molecule has 0 aliphatic carbocycles. The van der Waals surface area contributed by atoms with Gasteiger partial charge in [0, 0.05) is 6.20 Å². The molecule has 96 valence electrons. The van der Waals surface area contributed by atoms with Gasteiger partial charge in [0.05, 0.1) is 5.56 Å². The number of halogens is 2. The zero-order valence-electron chi connectivity index (χ0n) is 9.17. The van der Waals surface area contributed by atoms with Gasteiger partial charge in [-0.15, -0.1) is 0 Å². The molecule has 0 fully saturated rings. The molecular formula is C11H5F2N3O3. The molecule has 0 atom stereocenters. The van der Waals surface area contributed by atoms with Gasteiger partial charge >= 0.3 is 5.97 Å². The van der Waals surface area contributed by atoms with Crippen LogP contribution in [0.4, 0.5) is 8.78 Å². The van der Waals surface area contributed by atoms with Crippen molar-refractivity contribution in [2.75, 3.05) is 0 Å². The number of carbonyl (C=O) groups is 1. The number of aromatic nitrogens is 2. The summed E-state index contributed by atoms with van der Waals surface area (Å²) in [6.07, 6.45) is -1.87. The summed E-state index contributed by atoms with van der Waals surface area (Å²) in [5, 5.41) is 17.3. The molecule has 0 amide bonds. The number of nitrogens with zero attached hydrogens (tertiary/aromatic N) is 3. The largest absolute Gasteiger partial charge is 0.475 e. The number of hydrogen-bond acceptors (Lipinski definition) is 5. The van der Waals surface area contributed by atoms with E-state index < -0.39 is 23.8 Å². The Labute approximate surface area is 104 Å². The Morgan fingerprint density at radius 3 is 2.63 bits per heavy atom. The van der Waals surface area contributed by atoms with Crippen LogP contribution in [0.3, 0.4) is 0 Å². The molecule has 0 unspecified atom stereocenters. The maximum atomic E-state index is 12.6. The second kappa shape index (κ2) is 4.81. The minimum atomic E-state index is -3.07. The minimum absolute atomic E-state index is 0.0633. The van der Waals surface area contributed by atoms with Crippen LogP contribution in [-0.2, 0) is 0 Å². The first kappa shape index (κ1) is 12.6. The number of oxazole rings is 1. The van der Waals surface area contributed by atoms with Crippen molar-refractivity contribution in [3.63, 3.8) is 0 Å². The molecule has 0 radical (unpaired) electrons. The molecule has 0 saturated heterocycles. The number of hydrogen-bond donors (Lipinski definition) is 1. The van der Waals surface area contributed by atoms with Crippen LogP contribution in [0.15, 0.2) is 22.7 Å². The molecule has 0 saturated carbocycles. The summed E-state index contributed by atoms with van der Waals surface area (Å²) < 4.78 is 29.9. The molecule has 0 aliphatic rings. The zero-order valence-corrected chi connectivity index (χ0v) is 9.17. The Bertz CT molecular complexity index is 659. The predicted molar refractivity (Wildman–Crippen MR) is 56.4 cm³/mol. The van der Waals surface area contributed by atoms with Gasteiger partial charge in [-0.05, 0) is 12.1 Å². The molecule has 2 aromatic rings. The fourth-order valence-corrected chi connectivity index (χ4v) is 1.33. The number of carboxylic acid groups (broad SMARTS) is 1. The number of carboxylic acids is 1. The van der Waals surface area contributed by atoms with Crippen molar-refractivity contribution < 1.29 is 23.1 Å². The maximum Gasteiger partial charge on any atom is 0.374 e. The lowest BCUT2D eigenvalue weighted by atomic mass is 10.3. The quantitative estimate of drug-likeness (QED) is 0.913. The zero-order chi connectivity index (χ0) is 14.0. The lowest BCUT2D eigenvalue weighted by Crippen LogP contribution is -1.99. The van der Waals surface area contributed by atoms with Gasteiger partial charge in [0.15, 0.2) is 5.69 Å². The van der Waals surface area contributed by atoms with Crippen LogP contribution in [0.2, 0.25) is 0 Å². The average Bonchev–Trinajstić information content (AvgIpc) is 2.84. The normalized spacial score (nSPS) is 10.4. The van der Waals surface area contributed by atoms with E-state index in [0.717, 1.165) is 0 Å². The lowest BCUT2D eigenvalue weighted by Gasteiger charge is -1.93. The minimum Gasteiger partial charge on any atom is -0.475 e. The second-order valence-corrected chi connectivity index (χ2v) is 3.38. The molecule has 0 aliphatic heterocycles. The number of rotatable bonds is 3. The number of alkyl halides is 2. The third-order valence-electron chi connectivity index (χ3n) is 2.17. The van der Waals surface area contributed by atoms with E-state index in [1.165, 1.54) is 18.3 Å². The van der Waals surface area contributed by atoms with Crippen LogP contribution in [0, 0.1) is 11.3 Å². The van der Waals surface area contributed by atoms with E-state index in [-0.39, 0.29) is 17.1 Å². The van der Waals surface area contributed by atoms with Crippen molar-refractivity contribution >= 4 is 5.97 Å². The Morgan fingerprint density at radius 1 is 1.47 bits per heavy atom. The summed E-state index contributed by atoms with van der Waals surface area (Å²) in [4.78, 5) is 17.9. The molecule has 1 N–H and O–H groups in total. The highest BCUT2D eigenvalue weighted by atomic mass is 19.3. The highest BCUT2D eigenvalue weighted by molar-refractivity contribution is 5.86. The van der Waals surface area contributed by atoms with E-state index >= 15 is 0 Å². The molecule has 2 aromatic heterocycles. The lowest BCUT2D eigenvalue weighted by molar-refractivity contribution is 0.0647. The van der Waals surface area contributed by atoms with Crippen LogP contribution in [-0.4, -0.2) is 21.0 Å². The van der Waals surface area contributed by atoms with Crippen LogP contribution < -0.4 is 0 Å². The third kappa shape index (κ3) is 2.40. The Balaban J connectivity index is 2.48. The monoisotopic (exact) mass is 265 g/mol. The van der Waals surface area contributed by atoms with Gasteiger partial charge in [-0.3, -0.25) is 0 Å². The van der Waals surface area contributed by atoms with Crippen molar-refractivity contribution in [2.24, 2.45) is 0 Å². The molecule has 2 heterocycles. The summed E-state index contributed by atoms with van der Waals surface area (Å²) in [5.41, 5.74) is -0.620. The molecule has 0 bridgehead atoms. The van der Waals surface area contributed by atoms with Crippen molar-refractivity contribution in [3.8, 4) is 17.7 Å². The van der Waals surface area contributed by atoms with Gasteiger partial charge in [0.2, 0.25) is 11.7 Å². The first-order valence-electron chi connectivity index (χ1n) is 4.91. The molecule has 8 heteroatoms. The summed E-state index contributed by atoms with van der Waals surface area (Å²) >= 11 is 0. The standard InChI is InChI=1S/C11H5F2N3O3/c12-9(13)7-8(11(17)18)19-10(16-7)6-2-1-5(3-14)4-15-6/h1-2,4,9H,(H,17,18). The van der Waals surface area contributed by atoms with Crippen LogP contribution in [0.5, 0.6) is 0 Å². The smallest absolute Gasteiger partial charge is 0.374 e. The van der Waals surface area contributed by atoms with Gasteiger partial charge < -0.3 is 9.52 Å². The summed E-state index contributed by atoms with van der Waals surface area (Å²) in [7, 11) is 0. The third-order valence-corrected chi connectivity index (χ3v) is 2.17. The Kier molecular flexibility index (Phi) is 3.20. The average molecular weight is 265 g/mol. The molecular weight excluding hydrogens is 260 g/mol. The van der Waals surface area contributed by atoms with Crippen LogP contribution >= 0.6 is 0 Å². The van der Waals surface area contributed by atoms with Crippen LogP contribution in [0.25, 0.3) is 11.6 Å². The SMILES string of the molecule is N#Cc1ccc(-c2nc(C(F)F)c(C(=O)O)o2)nc1. The van der Waals surface area contributed by atoms with Gasteiger partial charge in [0.25, 0.3) is 6.43 Å². The van der Waals surface area contributed by atoms with E-state index in [1.54, 1.807) is 0 Å². The van der Waals surface area contributed by atoms with E-state index in [9.17, 15) is 13.6 Å². The van der Waals surface area contributed by atoms with Gasteiger partial charge in [-0.25, -0.2) is 23.5 Å². The Morgan fingerprint density at radius 2 is 2.21 bits per heavy atom. The maximum absolute atomic E-state index is 12.6. The van der Waals surface area contributed by atoms with E-state index in [2.05, 4.69) is 9.97 Å². The molecule has 2 rings (SSSR count). The van der Waals surface area contributed by atoms with E-state index in [4.69, 9.17) is 14.8 Å². The van der Waals surface area contributed by atoms with Crippen molar-refractivity contribution in [3.05, 3.63) is 35.3 Å². The number of aromatic carboxylic acids is 1. The van der Waals surface area contributed by atoms with Crippen LogP contribution in [0.1, 0.15) is 28.2 Å². The second-order valence-electron chi connectivity index (χ2n) is 3.38. The van der Waals surface area contributed by atoms with E-state index in [0.29, 0.717) is 0 Å². The topological polar surface area (TPSA) is 100 Å². The molecule has 19 heavy (non-hydrogen) atoms. The number of pyridine rings is 1. The summed E-state index contributed by atoms with van der Waals surface area (Å²) in [5.74, 6) is -2.89. The predicted octanol–water partition coefficient (Wildman–Crippen LogP) is 2.24. The first-order chi connectivity index (χ1) is 9.02. The molecule has 0 spiro atoms. The summed E-state index contributed by atoms with van der Waals surface area (Å²) in [6.45, 7) is 0. The van der Waals surface area contributed by atoms with Gasteiger partial charge in [-0.2, -0.15) is 5.26 Å². The fraction of sp³-hybridized carbons (Fsp3) is 0.0909. The fourth-order valence-electron chi connectivity index (χ4n) is 1.33. The Hall–Kier alpha value is -2.82. The van der Waals surface area contributed by atoms with E-state index in [1.807, 2.05) is 6.07 Å². The number of nitriles is 1. The van der Waals surface area contributed by atoms with Gasteiger partial charge in [0.1, 0.15) is 11.8 Å². The molecule has 0 aromatic carbocycles. The van der Waals surface area contributed by atoms with Crippen molar-refractivity contribution in [1.82, 2.24) is 9.97 Å². The van der Waals surface area contributed by atoms with Crippen molar-refractivity contribution in [1.29, 1.82) is 5.26 Å². The highest BCUT2D eigenvalue weighted by Crippen LogP contribution is 2.27. The highest BCUT2D eigenvalue weighted by Gasteiger charge is 2.27. The summed E-state index contributed by atoms with van der Waals surface area (Å²) in [6, 6.07) is 4.54. The van der Waals surface area contributed by atoms with Gasteiger partial charge in [-0.1, -0.05) is 0 Å². The van der Waals surface area contributed by atoms with Crippen molar-refractivity contribution in [2.45, 2.75) is 6.43 Å². The molecule has 6 nitrogen and oxygen atoms in total.